The maximum absolute atomic E-state index is 12.5. The van der Waals surface area contributed by atoms with Gasteiger partial charge in [-0.1, -0.05) is 29.8 Å². The number of hydrogen-bond donors (Lipinski definition) is 0. The van der Waals surface area contributed by atoms with Crippen LogP contribution in [0, 0.1) is 24.0 Å². The van der Waals surface area contributed by atoms with Gasteiger partial charge in [0.2, 0.25) is 5.91 Å². The van der Waals surface area contributed by atoms with Crippen LogP contribution in [0.1, 0.15) is 23.2 Å². The lowest BCUT2D eigenvalue weighted by Gasteiger charge is -2.35. The van der Waals surface area contributed by atoms with Gasteiger partial charge in [0.1, 0.15) is 11.9 Å². The fraction of sp³-hybridized carbons (Fsp3) is 0.474. The maximum atomic E-state index is 12.5. The van der Waals surface area contributed by atoms with Crippen molar-refractivity contribution in [3.63, 3.8) is 0 Å². The lowest BCUT2D eigenvalue weighted by atomic mass is 10.1. The molecule has 1 aromatic heterocycles. The number of benzene rings is 1. The van der Waals surface area contributed by atoms with Crippen molar-refractivity contribution in [3.05, 3.63) is 57.4 Å². The quantitative estimate of drug-likeness (QED) is 0.574. The van der Waals surface area contributed by atoms with Crippen molar-refractivity contribution in [2.75, 3.05) is 26.2 Å². The van der Waals surface area contributed by atoms with E-state index in [2.05, 4.69) is 41.2 Å². The third-order valence-electron chi connectivity index (χ3n) is 5.03. The smallest absolute Gasteiger partial charge is 0.309 e. The van der Waals surface area contributed by atoms with E-state index in [1.807, 2.05) is 4.90 Å². The number of aromatic nitrogens is 2. The molecule has 2 aromatic rings. The molecular weight excluding hydrogens is 346 g/mol. The Balaban J connectivity index is 1.46. The van der Waals surface area contributed by atoms with Gasteiger partial charge in [-0.2, -0.15) is 5.10 Å². The van der Waals surface area contributed by atoms with Crippen molar-refractivity contribution in [2.24, 2.45) is 0 Å². The number of carbonyl (C=O) groups is 1. The Kier molecular flexibility index (Phi) is 5.85. The topological polar surface area (TPSA) is 84.5 Å². The Labute approximate surface area is 158 Å². The molecule has 8 heteroatoms. The molecule has 1 saturated heterocycles. The minimum atomic E-state index is -0.450. The summed E-state index contributed by atoms with van der Waals surface area (Å²) < 4.78 is 1.53. The van der Waals surface area contributed by atoms with E-state index in [-0.39, 0.29) is 11.6 Å². The summed E-state index contributed by atoms with van der Waals surface area (Å²) in [7, 11) is 0. The first-order valence-electron chi connectivity index (χ1n) is 9.16. The van der Waals surface area contributed by atoms with Gasteiger partial charge < -0.3 is 4.90 Å². The van der Waals surface area contributed by atoms with Crippen LogP contribution in [0.5, 0.6) is 0 Å². The zero-order valence-corrected chi connectivity index (χ0v) is 15.8. The highest BCUT2D eigenvalue weighted by Gasteiger charge is 2.22. The third-order valence-corrected chi connectivity index (χ3v) is 5.03. The van der Waals surface area contributed by atoms with Gasteiger partial charge in [0, 0.05) is 39.1 Å². The average molecular weight is 371 g/mol. The summed E-state index contributed by atoms with van der Waals surface area (Å²) in [5, 5.41) is 14.9. The van der Waals surface area contributed by atoms with E-state index in [1.165, 1.54) is 22.0 Å². The lowest BCUT2D eigenvalue weighted by Crippen LogP contribution is -2.48. The Bertz CT molecular complexity index is 825. The Morgan fingerprint density at radius 3 is 2.59 bits per heavy atom. The summed E-state index contributed by atoms with van der Waals surface area (Å²) in [6.07, 6.45) is 1.54. The van der Waals surface area contributed by atoms with Gasteiger partial charge in [0.15, 0.2) is 0 Å². The fourth-order valence-corrected chi connectivity index (χ4v) is 3.43. The highest BCUT2D eigenvalue weighted by molar-refractivity contribution is 5.76. The molecule has 1 amide bonds. The van der Waals surface area contributed by atoms with E-state index in [0.717, 1.165) is 19.6 Å². The normalized spacial score (nSPS) is 15.1. The van der Waals surface area contributed by atoms with Crippen molar-refractivity contribution in [1.82, 2.24) is 19.6 Å². The van der Waals surface area contributed by atoms with E-state index < -0.39 is 4.92 Å². The van der Waals surface area contributed by atoms with Gasteiger partial charge in [-0.05, 0) is 19.4 Å². The molecular formula is C19H25N5O3. The van der Waals surface area contributed by atoms with Gasteiger partial charge in [-0.15, -0.1) is 0 Å². The molecule has 2 heterocycles. The highest BCUT2D eigenvalue weighted by atomic mass is 16.6. The number of rotatable bonds is 6. The molecule has 1 fully saturated rings. The first-order valence-corrected chi connectivity index (χ1v) is 9.16. The minimum Gasteiger partial charge on any atom is -0.340 e. The molecule has 0 N–H and O–H groups in total. The Hall–Kier alpha value is -2.74. The molecule has 144 valence electrons. The van der Waals surface area contributed by atoms with Crippen LogP contribution in [0.15, 0.2) is 30.5 Å². The second-order valence-corrected chi connectivity index (χ2v) is 6.99. The maximum Gasteiger partial charge on any atom is 0.309 e. The zero-order chi connectivity index (χ0) is 19.4. The van der Waals surface area contributed by atoms with E-state index in [1.54, 1.807) is 6.92 Å². The summed E-state index contributed by atoms with van der Waals surface area (Å²) in [5.41, 5.74) is 3.03. The number of hydrogen-bond acceptors (Lipinski definition) is 5. The van der Waals surface area contributed by atoms with Crippen LogP contribution < -0.4 is 0 Å². The molecule has 0 spiro atoms. The average Bonchev–Trinajstić information content (AvgIpc) is 3.01. The van der Waals surface area contributed by atoms with Crippen LogP contribution in [0.4, 0.5) is 5.69 Å². The second kappa shape index (κ2) is 8.30. The van der Waals surface area contributed by atoms with E-state index in [0.29, 0.717) is 31.7 Å². The van der Waals surface area contributed by atoms with Gasteiger partial charge in [-0.25, -0.2) is 0 Å². The standard InChI is InChI=1S/C19H25N5O3/c1-15-4-3-5-17(12-15)14-21-8-10-22(11-9-21)19(25)6-7-23-16(2)18(13-20-23)24(26)27/h3-5,12-13H,6-11,14H2,1-2H3. The lowest BCUT2D eigenvalue weighted by molar-refractivity contribution is -0.385. The molecule has 0 unspecified atom stereocenters. The first kappa shape index (κ1) is 19.0. The number of piperazine rings is 1. The van der Waals surface area contributed by atoms with Crippen molar-refractivity contribution in [1.29, 1.82) is 0 Å². The molecule has 0 aliphatic carbocycles. The Morgan fingerprint density at radius 2 is 1.96 bits per heavy atom. The van der Waals surface area contributed by atoms with Crippen molar-refractivity contribution >= 4 is 11.6 Å². The minimum absolute atomic E-state index is 0.00721. The second-order valence-electron chi connectivity index (χ2n) is 6.99. The monoisotopic (exact) mass is 371 g/mol. The van der Waals surface area contributed by atoms with Crippen LogP contribution in [-0.4, -0.2) is 56.6 Å². The molecule has 27 heavy (non-hydrogen) atoms. The van der Waals surface area contributed by atoms with Crippen LogP contribution >= 0.6 is 0 Å². The number of carbonyl (C=O) groups excluding carboxylic acids is 1. The summed E-state index contributed by atoms with van der Waals surface area (Å²) in [4.78, 5) is 27.1. The molecule has 0 saturated carbocycles. The van der Waals surface area contributed by atoms with Crippen molar-refractivity contribution < 1.29 is 9.72 Å². The van der Waals surface area contributed by atoms with Crippen LogP contribution in [0.3, 0.4) is 0 Å². The third kappa shape index (κ3) is 4.71. The molecule has 1 aliphatic heterocycles. The van der Waals surface area contributed by atoms with Crippen molar-refractivity contribution in [3.8, 4) is 0 Å². The van der Waals surface area contributed by atoms with Crippen LogP contribution in [-0.2, 0) is 17.9 Å². The predicted octanol–water partition coefficient (Wildman–Crippen LogP) is 2.14. The number of amides is 1. The molecule has 8 nitrogen and oxygen atoms in total. The van der Waals surface area contributed by atoms with Gasteiger partial charge in [0.25, 0.3) is 0 Å². The molecule has 1 aromatic carbocycles. The number of nitrogens with zero attached hydrogens (tertiary/aromatic N) is 5. The molecule has 0 bridgehead atoms. The molecule has 0 radical (unpaired) electrons. The number of aryl methyl sites for hydroxylation is 2. The summed E-state index contributed by atoms with van der Waals surface area (Å²) in [6, 6.07) is 8.50. The number of nitro groups is 1. The van der Waals surface area contributed by atoms with Crippen LogP contribution in [0.2, 0.25) is 0 Å². The van der Waals surface area contributed by atoms with E-state index in [9.17, 15) is 14.9 Å². The summed E-state index contributed by atoms with van der Waals surface area (Å²) in [6.45, 7) is 8.14. The SMILES string of the molecule is Cc1cccc(CN2CCN(C(=O)CCn3ncc([N+](=O)[O-])c3C)CC2)c1. The predicted molar refractivity (Wildman–Crippen MR) is 101 cm³/mol. The summed E-state index contributed by atoms with van der Waals surface area (Å²) in [5.74, 6) is 0.0720. The van der Waals surface area contributed by atoms with Gasteiger partial charge in [0.05, 0.1) is 11.5 Å². The van der Waals surface area contributed by atoms with Crippen molar-refractivity contribution in [2.45, 2.75) is 33.4 Å². The van der Waals surface area contributed by atoms with Gasteiger partial charge >= 0.3 is 5.69 Å². The Morgan fingerprint density at radius 1 is 1.22 bits per heavy atom. The van der Waals surface area contributed by atoms with E-state index >= 15 is 0 Å². The van der Waals surface area contributed by atoms with Crippen LogP contribution in [0.25, 0.3) is 0 Å². The zero-order valence-electron chi connectivity index (χ0n) is 15.8. The van der Waals surface area contributed by atoms with E-state index in [4.69, 9.17) is 0 Å². The molecule has 3 rings (SSSR count). The summed E-state index contributed by atoms with van der Waals surface area (Å²) >= 11 is 0. The molecule has 1 aliphatic rings. The fourth-order valence-electron chi connectivity index (χ4n) is 3.43. The first-order chi connectivity index (χ1) is 12.9. The molecule has 0 atom stereocenters. The highest BCUT2D eigenvalue weighted by Crippen LogP contribution is 2.17. The largest absolute Gasteiger partial charge is 0.340 e. The van der Waals surface area contributed by atoms with Gasteiger partial charge in [-0.3, -0.25) is 24.5 Å².